The van der Waals surface area contributed by atoms with E-state index in [0.29, 0.717) is 11.8 Å². The monoisotopic (exact) mass is 344 g/mol. The van der Waals surface area contributed by atoms with E-state index < -0.39 is 0 Å². The molecule has 0 N–H and O–H groups in total. The molecule has 2 aromatic carbocycles. The Bertz CT molecular complexity index is 759. The first-order valence-corrected chi connectivity index (χ1v) is 9.60. The van der Waals surface area contributed by atoms with Gasteiger partial charge in [0.2, 0.25) is 0 Å². The fourth-order valence-electron chi connectivity index (χ4n) is 3.33. The first-order valence-electron chi connectivity index (χ1n) is 9.60. The number of hydrogen-bond acceptors (Lipinski definition) is 1. The van der Waals surface area contributed by atoms with Crippen LogP contribution in [0.2, 0.25) is 0 Å². The zero-order chi connectivity index (χ0) is 18.7. The molecule has 1 aliphatic carbocycles. The Morgan fingerprint density at radius 3 is 1.31 bits per heavy atom. The van der Waals surface area contributed by atoms with Crippen molar-refractivity contribution in [2.45, 2.75) is 52.4 Å². The van der Waals surface area contributed by atoms with Crippen molar-refractivity contribution in [2.75, 3.05) is 0 Å². The Labute approximate surface area is 157 Å². The average molecular weight is 344 g/mol. The first-order chi connectivity index (χ1) is 12.4. The van der Waals surface area contributed by atoms with Crippen LogP contribution in [0.4, 0.5) is 0 Å². The van der Waals surface area contributed by atoms with Gasteiger partial charge in [0, 0.05) is 11.1 Å². The Balaban J connectivity index is 1.76. The number of carbonyl (C=O) groups excluding carboxylic acids is 1. The summed E-state index contributed by atoms with van der Waals surface area (Å²) in [4.78, 5) is 12.7. The number of benzene rings is 2. The number of ketones is 1. The standard InChI is InChI=1S/C25H28O/c1-17(2)21-9-5-19(6-10-21)15-23-13-14-24(25(23)26)16-20-7-11-22(12-8-20)18(3)4/h5-12,15-18H,13-14H2,1-4H3/b23-15-,24-16+. The summed E-state index contributed by atoms with van der Waals surface area (Å²) in [6.07, 6.45) is 5.77. The summed E-state index contributed by atoms with van der Waals surface area (Å²) >= 11 is 0. The molecule has 1 saturated carbocycles. The summed E-state index contributed by atoms with van der Waals surface area (Å²) in [6.45, 7) is 8.77. The molecule has 2 aromatic rings. The number of hydrogen-bond donors (Lipinski definition) is 0. The van der Waals surface area contributed by atoms with Crippen LogP contribution in [0.3, 0.4) is 0 Å². The molecule has 0 amide bonds. The predicted octanol–water partition coefficient (Wildman–Crippen LogP) is 6.76. The van der Waals surface area contributed by atoms with E-state index in [1.165, 1.54) is 11.1 Å². The molecule has 0 aromatic heterocycles. The molecular weight excluding hydrogens is 316 g/mol. The third-order valence-corrected chi connectivity index (χ3v) is 5.14. The molecule has 0 bridgehead atoms. The van der Waals surface area contributed by atoms with Crippen LogP contribution in [0.25, 0.3) is 12.2 Å². The van der Waals surface area contributed by atoms with Gasteiger partial charge in [0.05, 0.1) is 0 Å². The van der Waals surface area contributed by atoms with Crippen molar-refractivity contribution in [3.05, 3.63) is 81.9 Å². The van der Waals surface area contributed by atoms with Gasteiger partial charge in [-0.3, -0.25) is 4.79 Å². The normalized spacial score (nSPS) is 17.8. The largest absolute Gasteiger partial charge is 0.289 e. The van der Waals surface area contributed by atoms with Gasteiger partial charge < -0.3 is 0 Å². The molecule has 1 nitrogen and oxygen atoms in total. The van der Waals surface area contributed by atoms with Gasteiger partial charge in [0.25, 0.3) is 0 Å². The average Bonchev–Trinajstić information content (AvgIpc) is 2.96. The molecule has 1 aliphatic rings. The molecule has 0 heterocycles. The Morgan fingerprint density at radius 2 is 1.00 bits per heavy atom. The van der Waals surface area contributed by atoms with Crippen molar-refractivity contribution in [3.8, 4) is 0 Å². The minimum absolute atomic E-state index is 0.200. The van der Waals surface area contributed by atoms with Gasteiger partial charge in [-0.1, -0.05) is 76.2 Å². The Morgan fingerprint density at radius 1 is 0.654 bits per heavy atom. The third-order valence-electron chi connectivity index (χ3n) is 5.14. The summed E-state index contributed by atoms with van der Waals surface area (Å²) in [6, 6.07) is 17.1. The predicted molar refractivity (Wildman–Crippen MR) is 111 cm³/mol. The highest BCUT2D eigenvalue weighted by molar-refractivity contribution is 6.15. The second-order valence-electron chi connectivity index (χ2n) is 7.81. The Kier molecular flexibility index (Phi) is 5.56. The molecule has 0 radical (unpaired) electrons. The molecule has 1 fully saturated rings. The Hall–Kier alpha value is -2.41. The first kappa shape index (κ1) is 18.4. The lowest BCUT2D eigenvalue weighted by Crippen LogP contribution is -1.96. The van der Waals surface area contributed by atoms with E-state index in [0.717, 1.165) is 35.1 Å². The van der Waals surface area contributed by atoms with E-state index in [1.807, 2.05) is 0 Å². The molecule has 0 atom stereocenters. The number of rotatable bonds is 4. The number of carbonyl (C=O) groups is 1. The van der Waals surface area contributed by atoms with Gasteiger partial charge in [0.1, 0.15) is 0 Å². The maximum Gasteiger partial charge on any atom is 0.185 e. The van der Waals surface area contributed by atoms with Crippen molar-refractivity contribution in [3.63, 3.8) is 0 Å². The van der Waals surface area contributed by atoms with Crippen molar-refractivity contribution >= 4 is 17.9 Å². The second-order valence-corrected chi connectivity index (χ2v) is 7.81. The van der Waals surface area contributed by atoms with Crippen LogP contribution < -0.4 is 0 Å². The van der Waals surface area contributed by atoms with Crippen LogP contribution in [-0.4, -0.2) is 5.78 Å². The van der Waals surface area contributed by atoms with Crippen LogP contribution >= 0.6 is 0 Å². The highest BCUT2D eigenvalue weighted by atomic mass is 16.1. The maximum atomic E-state index is 12.7. The number of allylic oxidation sites excluding steroid dienone is 2. The van der Waals surface area contributed by atoms with Gasteiger partial charge in [-0.15, -0.1) is 0 Å². The van der Waals surface area contributed by atoms with Crippen LogP contribution in [0.15, 0.2) is 59.7 Å². The highest BCUT2D eigenvalue weighted by Gasteiger charge is 2.22. The SMILES string of the molecule is CC(C)c1ccc(/C=C2/CC/C(=C\c3ccc(C(C)C)cc3)C2=O)cc1. The van der Waals surface area contributed by atoms with Gasteiger partial charge in [-0.25, -0.2) is 0 Å². The fourth-order valence-corrected chi connectivity index (χ4v) is 3.33. The van der Waals surface area contributed by atoms with Gasteiger partial charge in [0.15, 0.2) is 5.78 Å². The van der Waals surface area contributed by atoms with Crippen molar-refractivity contribution in [1.29, 1.82) is 0 Å². The quantitative estimate of drug-likeness (QED) is 0.560. The highest BCUT2D eigenvalue weighted by Crippen LogP contribution is 2.30. The summed E-state index contributed by atoms with van der Waals surface area (Å²) in [5.41, 5.74) is 6.73. The fraction of sp³-hybridized carbons (Fsp3) is 0.320. The molecule has 0 saturated heterocycles. The van der Waals surface area contributed by atoms with Crippen molar-refractivity contribution < 1.29 is 4.79 Å². The molecule has 0 unspecified atom stereocenters. The molecule has 1 heteroatoms. The summed E-state index contributed by atoms with van der Waals surface area (Å²) in [5.74, 6) is 1.26. The lowest BCUT2D eigenvalue weighted by molar-refractivity contribution is -0.111. The van der Waals surface area contributed by atoms with E-state index >= 15 is 0 Å². The minimum atomic E-state index is 0.200. The maximum absolute atomic E-state index is 12.7. The third kappa shape index (κ3) is 4.22. The van der Waals surface area contributed by atoms with E-state index in [9.17, 15) is 4.79 Å². The zero-order valence-electron chi connectivity index (χ0n) is 16.3. The molecule has 26 heavy (non-hydrogen) atoms. The summed E-state index contributed by atoms with van der Waals surface area (Å²) in [7, 11) is 0. The van der Waals surface area contributed by atoms with Crippen molar-refractivity contribution in [1.82, 2.24) is 0 Å². The van der Waals surface area contributed by atoms with Crippen LogP contribution in [0.1, 0.15) is 74.6 Å². The second kappa shape index (κ2) is 7.86. The van der Waals surface area contributed by atoms with Gasteiger partial charge in [-0.05, 0) is 59.1 Å². The molecular formula is C25H28O. The van der Waals surface area contributed by atoms with Crippen molar-refractivity contribution in [2.24, 2.45) is 0 Å². The van der Waals surface area contributed by atoms with Crippen LogP contribution in [-0.2, 0) is 4.79 Å². The van der Waals surface area contributed by atoms with Crippen LogP contribution in [0, 0.1) is 0 Å². The summed E-state index contributed by atoms with van der Waals surface area (Å²) < 4.78 is 0. The lowest BCUT2D eigenvalue weighted by atomic mass is 10.00. The number of Topliss-reactive ketones (excluding diaryl/α,β-unsaturated/α-hetero) is 1. The minimum Gasteiger partial charge on any atom is -0.289 e. The van der Waals surface area contributed by atoms with Gasteiger partial charge >= 0.3 is 0 Å². The molecule has 0 aliphatic heterocycles. The molecule has 3 rings (SSSR count). The molecule has 134 valence electrons. The smallest absolute Gasteiger partial charge is 0.185 e. The lowest BCUT2D eigenvalue weighted by Gasteiger charge is -2.05. The zero-order valence-corrected chi connectivity index (χ0v) is 16.3. The van der Waals surface area contributed by atoms with E-state index in [-0.39, 0.29) is 5.78 Å². The van der Waals surface area contributed by atoms with Gasteiger partial charge in [-0.2, -0.15) is 0 Å². The molecule has 0 spiro atoms. The summed E-state index contributed by atoms with van der Waals surface area (Å²) in [5, 5.41) is 0. The van der Waals surface area contributed by atoms with E-state index in [2.05, 4.69) is 88.4 Å². The van der Waals surface area contributed by atoms with E-state index in [4.69, 9.17) is 0 Å². The van der Waals surface area contributed by atoms with E-state index in [1.54, 1.807) is 0 Å². The topological polar surface area (TPSA) is 17.1 Å². The van der Waals surface area contributed by atoms with Crippen LogP contribution in [0.5, 0.6) is 0 Å².